The Bertz CT molecular complexity index is 330. The summed E-state index contributed by atoms with van der Waals surface area (Å²) in [4.78, 5) is 8.46. The molecule has 0 radical (unpaired) electrons. The molecule has 0 aliphatic heterocycles. The number of aromatic nitrogens is 2. The number of hydrogen-bond acceptors (Lipinski definition) is 5. The van der Waals surface area contributed by atoms with Gasteiger partial charge in [0.05, 0.1) is 0 Å². The molecule has 1 aromatic rings. The summed E-state index contributed by atoms with van der Waals surface area (Å²) in [6, 6.07) is 0. The number of rotatable bonds is 6. The highest BCUT2D eigenvalue weighted by Crippen LogP contribution is 2.18. The number of thioether (sulfide) groups is 1. The molecule has 1 heterocycles. The van der Waals surface area contributed by atoms with Crippen LogP contribution in [-0.2, 0) is 0 Å². The molecule has 1 rings (SSSR count). The number of nitrogens with one attached hydrogen (secondary N) is 2. The first-order chi connectivity index (χ1) is 7.69. The average molecular weight is 240 g/mol. The van der Waals surface area contributed by atoms with E-state index in [9.17, 15) is 0 Å². The molecule has 4 nitrogen and oxygen atoms in total. The topological polar surface area (TPSA) is 49.8 Å². The van der Waals surface area contributed by atoms with Gasteiger partial charge in [0.15, 0.2) is 0 Å². The van der Waals surface area contributed by atoms with E-state index >= 15 is 0 Å². The molecule has 90 valence electrons. The molecule has 0 spiro atoms. The molecule has 0 aromatic carbocycles. The van der Waals surface area contributed by atoms with Gasteiger partial charge in [-0.3, -0.25) is 0 Å². The van der Waals surface area contributed by atoms with Crippen LogP contribution in [0.25, 0.3) is 0 Å². The Labute approximate surface area is 102 Å². The third-order valence-electron chi connectivity index (χ3n) is 2.39. The molecule has 0 saturated carbocycles. The molecule has 16 heavy (non-hydrogen) atoms. The van der Waals surface area contributed by atoms with E-state index in [2.05, 4.69) is 40.7 Å². The first-order valence-electron chi connectivity index (χ1n) is 5.51. The molecule has 1 aromatic heterocycles. The van der Waals surface area contributed by atoms with Crippen LogP contribution in [0.5, 0.6) is 0 Å². The molecule has 2 N–H and O–H groups in total. The molecular formula is C11H20N4S. The van der Waals surface area contributed by atoms with E-state index in [0.29, 0.717) is 5.25 Å². The first kappa shape index (κ1) is 13.1. The van der Waals surface area contributed by atoms with Gasteiger partial charge in [-0.1, -0.05) is 6.92 Å². The summed E-state index contributed by atoms with van der Waals surface area (Å²) in [5.74, 6) is 1.84. The van der Waals surface area contributed by atoms with E-state index in [1.807, 2.05) is 18.7 Å². The maximum atomic E-state index is 4.26. The van der Waals surface area contributed by atoms with E-state index in [4.69, 9.17) is 0 Å². The van der Waals surface area contributed by atoms with Crippen molar-refractivity contribution in [1.29, 1.82) is 0 Å². The number of nitrogens with zero attached hydrogens (tertiary/aromatic N) is 2. The second-order valence-electron chi connectivity index (χ2n) is 3.65. The van der Waals surface area contributed by atoms with Gasteiger partial charge in [0, 0.05) is 23.9 Å². The van der Waals surface area contributed by atoms with Gasteiger partial charge in [0.2, 0.25) is 0 Å². The second-order valence-corrected chi connectivity index (χ2v) is 4.93. The van der Waals surface area contributed by atoms with Crippen molar-refractivity contribution >= 4 is 23.4 Å². The number of hydrogen-bond donors (Lipinski definition) is 2. The summed E-state index contributed by atoms with van der Waals surface area (Å²) in [5, 5.41) is 7.15. The molecule has 0 bridgehead atoms. The van der Waals surface area contributed by atoms with Gasteiger partial charge < -0.3 is 10.6 Å². The van der Waals surface area contributed by atoms with Gasteiger partial charge in [0.25, 0.3) is 0 Å². The normalized spacial score (nSPS) is 12.2. The second kappa shape index (κ2) is 6.58. The lowest BCUT2D eigenvalue weighted by molar-refractivity contribution is 0.977. The zero-order valence-corrected chi connectivity index (χ0v) is 11.2. The van der Waals surface area contributed by atoms with Crippen LogP contribution in [0, 0.1) is 6.92 Å². The predicted molar refractivity (Wildman–Crippen MR) is 72.4 cm³/mol. The Morgan fingerprint density at radius 3 is 2.50 bits per heavy atom. The Morgan fingerprint density at radius 1 is 1.31 bits per heavy atom. The predicted octanol–water partition coefficient (Wildman–Crippen LogP) is 2.38. The quantitative estimate of drug-likeness (QED) is 0.799. The minimum atomic E-state index is 0.581. The van der Waals surface area contributed by atoms with E-state index in [0.717, 1.165) is 30.3 Å². The summed E-state index contributed by atoms with van der Waals surface area (Å²) in [5.41, 5.74) is 1.08. The average Bonchev–Trinajstić information content (AvgIpc) is 2.30. The molecule has 0 aliphatic carbocycles. The maximum Gasteiger partial charge on any atom is 0.134 e. The Balaban J connectivity index is 2.69. The van der Waals surface area contributed by atoms with Gasteiger partial charge in [-0.05, 0) is 20.1 Å². The zero-order chi connectivity index (χ0) is 12.0. The smallest absolute Gasteiger partial charge is 0.134 e. The van der Waals surface area contributed by atoms with Crippen LogP contribution >= 0.6 is 11.8 Å². The monoisotopic (exact) mass is 240 g/mol. The Morgan fingerprint density at radius 2 is 1.94 bits per heavy atom. The van der Waals surface area contributed by atoms with E-state index < -0.39 is 0 Å². The van der Waals surface area contributed by atoms with Crippen molar-refractivity contribution in [2.45, 2.75) is 26.0 Å². The lowest BCUT2D eigenvalue weighted by Crippen LogP contribution is -2.15. The van der Waals surface area contributed by atoms with Crippen molar-refractivity contribution in [3.8, 4) is 0 Å². The van der Waals surface area contributed by atoms with Gasteiger partial charge in [-0.15, -0.1) is 0 Å². The molecule has 0 amide bonds. The fourth-order valence-corrected chi connectivity index (χ4v) is 1.55. The molecule has 0 aliphatic rings. The van der Waals surface area contributed by atoms with Crippen LogP contribution in [0.4, 0.5) is 11.6 Å². The van der Waals surface area contributed by atoms with Crippen LogP contribution in [0.1, 0.15) is 19.4 Å². The van der Waals surface area contributed by atoms with Crippen molar-refractivity contribution in [2.24, 2.45) is 0 Å². The highest BCUT2D eigenvalue weighted by atomic mass is 32.2. The van der Waals surface area contributed by atoms with Crippen molar-refractivity contribution in [1.82, 2.24) is 9.97 Å². The fourth-order valence-electron chi connectivity index (χ4n) is 1.30. The third-order valence-corrected chi connectivity index (χ3v) is 3.36. The van der Waals surface area contributed by atoms with Gasteiger partial charge in [-0.25, -0.2) is 9.97 Å². The number of anilines is 2. The molecule has 0 fully saturated rings. The van der Waals surface area contributed by atoms with Crippen LogP contribution in [0.3, 0.4) is 0 Å². The maximum absolute atomic E-state index is 4.26. The van der Waals surface area contributed by atoms with E-state index in [1.165, 1.54) is 0 Å². The summed E-state index contributed by atoms with van der Waals surface area (Å²) in [7, 11) is 0. The van der Waals surface area contributed by atoms with Crippen LogP contribution in [0.15, 0.2) is 6.33 Å². The Hall–Kier alpha value is -0.970. The van der Waals surface area contributed by atoms with Gasteiger partial charge in [-0.2, -0.15) is 11.8 Å². The largest absolute Gasteiger partial charge is 0.370 e. The lowest BCUT2D eigenvalue weighted by atomic mass is 10.3. The first-order valence-corrected chi connectivity index (χ1v) is 6.80. The van der Waals surface area contributed by atoms with Gasteiger partial charge in [0.1, 0.15) is 18.0 Å². The molecule has 1 unspecified atom stereocenters. The minimum Gasteiger partial charge on any atom is -0.370 e. The van der Waals surface area contributed by atoms with Crippen molar-refractivity contribution in [3.63, 3.8) is 0 Å². The van der Waals surface area contributed by atoms with Crippen molar-refractivity contribution in [2.75, 3.05) is 30.0 Å². The summed E-state index contributed by atoms with van der Waals surface area (Å²) in [6.07, 6.45) is 3.71. The van der Waals surface area contributed by atoms with E-state index in [-0.39, 0.29) is 0 Å². The zero-order valence-electron chi connectivity index (χ0n) is 10.4. The lowest BCUT2D eigenvalue weighted by Gasteiger charge is -2.14. The molecular weight excluding hydrogens is 220 g/mol. The SMILES string of the molecule is CCNc1ncnc(NCC(C)SC)c1C. The van der Waals surface area contributed by atoms with Crippen LogP contribution in [-0.4, -0.2) is 34.6 Å². The molecule has 0 saturated heterocycles. The van der Waals surface area contributed by atoms with Crippen molar-refractivity contribution in [3.05, 3.63) is 11.9 Å². The molecule has 1 atom stereocenters. The van der Waals surface area contributed by atoms with Crippen molar-refractivity contribution < 1.29 is 0 Å². The highest BCUT2D eigenvalue weighted by molar-refractivity contribution is 7.99. The van der Waals surface area contributed by atoms with E-state index in [1.54, 1.807) is 6.33 Å². The fraction of sp³-hybridized carbons (Fsp3) is 0.636. The standard InChI is InChI=1S/C11H20N4S/c1-5-12-10-9(3)11(15-7-14-10)13-6-8(2)16-4/h7-8H,5-6H2,1-4H3,(H2,12,13,14,15). The van der Waals surface area contributed by atoms with Crippen LogP contribution in [0.2, 0.25) is 0 Å². The minimum absolute atomic E-state index is 0.581. The van der Waals surface area contributed by atoms with Gasteiger partial charge >= 0.3 is 0 Å². The highest BCUT2D eigenvalue weighted by Gasteiger charge is 2.06. The summed E-state index contributed by atoms with van der Waals surface area (Å²) in [6.45, 7) is 8.08. The Kier molecular flexibility index (Phi) is 5.38. The summed E-state index contributed by atoms with van der Waals surface area (Å²) < 4.78 is 0. The third kappa shape index (κ3) is 3.56. The molecule has 5 heteroatoms. The summed E-state index contributed by atoms with van der Waals surface area (Å²) >= 11 is 1.84. The van der Waals surface area contributed by atoms with Crippen LogP contribution < -0.4 is 10.6 Å².